The van der Waals surface area contributed by atoms with Crippen molar-refractivity contribution in [2.24, 2.45) is 0 Å². The molecule has 1 heterocycles. The number of aromatic nitrogens is 1. The molecule has 0 aliphatic carbocycles. The van der Waals surface area contributed by atoms with Gasteiger partial charge in [0.1, 0.15) is 5.75 Å². The topological polar surface area (TPSA) is 59.4 Å². The van der Waals surface area contributed by atoms with Crippen LogP contribution in [0.1, 0.15) is 11.1 Å². The zero-order valence-electron chi connectivity index (χ0n) is 10.7. The summed E-state index contributed by atoms with van der Waals surface area (Å²) in [6.07, 6.45) is 4.16. The summed E-state index contributed by atoms with van der Waals surface area (Å²) >= 11 is 2.21. The van der Waals surface area contributed by atoms with E-state index in [0.29, 0.717) is 5.88 Å². The summed E-state index contributed by atoms with van der Waals surface area (Å²) in [6, 6.07) is 9.50. The van der Waals surface area contributed by atoms with Crippen LogP contribution in [0.3, 0.4) is 0 Å². The van der Waals surface area contributed by atoms with Crippen molar-refractivity contribution in [2.75, 3.05) is 0 Å². The maximum atomic E-state index is 10.5. The van der Waals surface area contributed by atoms with Gasteiger partial charge < -0.3 is 9.84 Å². The lowest BCUT2D eigenvalue weighted by atomic mass is 10.2. The van der Waals surface area contributed by atoms with Crippen LogP contribution in [0.4, 0.5) is 0 Å². The predicted octanol–water partition coefficient (Wildman–Crippen LogP) is 3.88. The molecular formula is C15H12INO3. The molecule has 0 spiro atoms. The zero-order chi connectivity index (χ0) is 14.5. The number of carboxylic acids is 1. The molecule has 20 heavy (non-hydrogen) atoms. The van der Waals surface area contributed by atoms with Crippen LogP contribution < -0.4 is 4.74 Å². The summed E-state index contributed by atoms with van der Waals surface area (Å²) in [6.45, 7) is 1.87. The van der Waals surface area contributed by atoms with Gasteiger partial charge in [-0.05, 0) is 65.4 Å². The molecule has 1 aromatic carbocycles. The number of ether oxygens (including phenoxy) is 1. The fraction of sp³-hybridized carbons (Fsp3) is 0.0667. The van der Waals surface area contributed by atoms with Gasteiger partial charge in [-0.3, -0.25) is 0 Å². The van der Waals surface area contributed by atoms with Crippen molar-refractivity contribution in [2.45, 2.75) is 6.92 Å². The third-order valence-electron chi connectivity index (χ3n) is 2.48. The van der Waals surface area contributed by atoms with Crippen LogP contribution >= 0.6 is 22.6 Å². The smallest absolute Gasteiger partial charge is 0.328 e. The minimum atomic E-state index is -0.984. The molecule has 0 aliphatic heterocycles. The molecule has 0 unspecified atom stereocenters. The van der Waals surface area contributed by atoms with Gasteiger partial charge >= 0.3 is 5.97 Å². The molecule has 0 radical (unpaired) electrons. The predicted molar refractivity (Wildman–Crippen MR) is 84.9 cm³/mol. The van der Waals surface area contributed by atoms with E-state index in [1.807, 2.05) is 37.3 Å². The van der Waals surface area contributed by atoms with E-state index in [1.165, 1.54) is 6.08 Å². The van der Waals surface area contributed by atoms with Gasteiger partial charge in [0.15, 0.2) is 0 Å². The van der Waals surface area contributed by atoms with E-state index in [-0.39, 0.29) is 0 Å². The van der Waals surface area contributed by atoms with Crippen molar-refractivity contribution in [1.29, 1.82) is 0 Å². The minimum Gasteiger partial charge on any atom is -0.478 e. The Bertz CT molecular complexity index is 668. The summed E-state index contributed by atoms with van der Waals surface area (Å²) in [4.78, 5) is 14.7. The molecule has 102 valence electrons. The Morgan fingerprint density at radius 3 is 2.85 bits per heavy atom. The van der Waals surface area contributed by atoms with E-state index in [1.54, 1.807) is 6.20 Å². The Balaban J connectivity index is 2.20. The molecule has 0 fully saturated rings. The van der Waals surface area contributed by atoms with Crippen LogP contribution in [-0.2, 0) is 4.79 Å². The summed E-state index contributed by atoms with van der Waals surface area (Å²) in [5, 5.41) is 8.59. The van der Waals surface area contributed by atoms with Crippen LogP contribution in [0.5, 0.6) is 11.6 Å². The third-order valence-corrected chi connectivity index (χ3v) is 3.15. The normalized spacial score (nSPS) is 10.7. The highest BCUT2D eigenvalue weighted by atomic mass is 127. The molecule has 0 saturated carbocycles. The number of pyridine rings is 1. The first kappa shape index (κ1) is 14.5. The SMILES string of the molecule is Cc1cc(/C=C/C(=O)O)cnc1Oc1cccc(I)c1. The van der Waals surface area contributed by atoms with Gasteiger partial charge in [0.25, 0.3) is 0 Å². The molecule has 0 aliphatic rings. The molecule has 0 bridgehead atoms. The average molecular weight is 381 g/mol. The maximum Gasteiger partial charge on any atom is 0.328 e. The highest BCUT2D eigenvalue weighted by Gasteiger charge is 2.04. The largest absolute Gasteiger partial charge is 0.478 e. The van der Waals surface area contributed by atoms with Crippen molar-refractivity contribution < 1.29 is 14.6 Å². The molecule has 1 aromatic heterocycles. The van der Waals surface area contributed by atoms with Gasteiger partial charge in [-0.25, -0.2) is 9.78 Å². The van der Waals surface area contributed by atoms with Crippen molar-refractivity contribution in [3.05, 3.63) is 57.3 Å². The standard InChI is InChI=1S/C15H12INO3/c1-10-7-11(5-6-14(18)19)9-17-15(10)20-13-4-2-3-12(16)8-13/h2-9H,1H3,(H,18,19)/b6-5+. The summed E-state index contributed by atoms with van der Waals surface area (Å²) in [5.74, 6) is 0.252. The van der Waals surface area contributed by atoms with E-state index in [2.05, 4.69) is 27.6 Å². The average Bonchev–Trinajstić information content (AvgIpc) is 2.39. The van der Waals surface area contributed by atoms with Gasteiger partial charge in [0.2, 0.25) is 5.88 Å². The Morgan fingerprint density at radius 2 is 2.20 bits per heavy atom. The van der Waals surface area contributed by atoms with E-state index < -0.39 is 5.97 Å². The summed E-state index contributed by atoms with van der Waals surface area (Å²) in [5.41, 5.74) is 1.57. The first-order valence-corrected chi connectivity index (χ1v) is 6.93. The molecule has 0 atom stereocenters. The van der Waals surface area contributed by atoms with Crippen molar-refractivity contribution in [3.63, 3.8) is 0 Å². The van der Waals surface area contributed by atoms with Crippen LogP contribution in [-0.4, -0.2) is 16.1 Å². The van der Waals surface area contributed by atoms with Gasteiger partial charge in [-0.1, -0.05) is 6.07 Å². The molecular weight excluding hydrogens is 369 g/mol. The first-order valence-electron chi connectivity index (χ1n) is 5.85. The second-order valence-electron chi connectivity index (χ2n) is 4.12. The van der Waals surface area contributed by atoms with E-state index >= 15 is 0 Å². The van der Waals surface area contributed by atoms with E-state index in [0.717, 1.165) is 26.5 Å². The second kappa shape index (κ2) is 6.51. The molecule has 0 amide bonds. The van der Waals surface area contributed by atoms with Gasteiger partial charge in [-0.2, -0.15) is 0 Å². The zero-order valence-corrected chi connectivity index (χ0v) is 12.9. The number of rotatable bonds is 4. The van der Waals surface area contributed by atoms with Crippen LogP contribution in [0.2, 0.25) is 0 Å². The van der Waals surface area contributed by atoms with E-state index in [4.69, 9.17) is 9.84 Å². The number of aryl methyl sites for hydroxylation is 1. The Kier molecular flexibility index (Phi) is 4.73. The fourth-order valence-corrected chi connectivity index (χ4v) is 2.11. The number of hydrogen-bond acceptors (Lipinski definition) is 3. The van der Waals surface area contributed by atoms with Crippen molar-refractivity contribution >= 4 is 34.6 Å². The lowest BCUT2D eigenvalue weighted by Crippen LogP contribution is -1.93. The number of carbonyl (C=O) groups is 1. The lowest BCUT2D eigenvalue weighted by Gasteiger charge is -2.08. The first-order chi connectivity index (χ1) is 9.54. The van der Waals surface area contributed by atoms with Crippen LogP contribution in [0, 0.1) is 10.5 Å². The van der Waals surface area contributed by atoms with E-state index in [9.17, 15) is 4.79 Å². The number of carboxylic acid groups (broad SMARTS) is 1. The molecule has 0 saturated heterocycles. The number of nitrogens with zero attached hydrogens (tertiary/aromatic N) is 1. The van der Waals surface area contributed by atoms with Crippen molar-refractivity contribution in [1.82, 2.24) is 4.98 Å². The van der Waals surface area contributed by atoms with Crippen LogP contribution in [0.15, 0.2) is 42.6 Å². The number of benzene rings is 1. The molecule has 4 nitrogen and oxygen atoms in total. The Hall–Kier alpha value is -1.89. The van der Waals surface area contributed by atoms with Gasteiger partial charge in [-0.15, -0.1) is 0 Å². The molecule has 2 aromatic rings. The molecule has 1 N–H and O–H groups in total. The Morgan fingerprint density at radius 1 is 1.40 bits per heavy atom. The monoisotopic (exact) mass is 381 g/mol. The lowest BCUT2D eigenvalue weighted by molar-refractivity contribution is -0.131. The quantitative estimate of drug-likeness (QED) is 0.645. The highest BCUT2D eigenvalue weighted by molar-refractivity contribution is 14.1. The number of aliphatic carboxylic acids is 1. The van der Waals surface area contributed by atoms with Gasteiger partial charge in [0.05, 0.1) is 0 Å². The number of hydrogen-bond donors (Lipinski definition) is 1. The third kappa shape index (κ3) is 4.06. The Labute approximate surface area is 130 Å². The summed E-state index contributed by atoms with van der Waals surface area (Å²) < 4.78 is 6.80. The van der Waals surface area contributed by atoms with Crippen molar-refractivity contribution in [3.8, 4) is 11.6 Å². The maximum absolute atomic E-state index is 10.5. The molecule has 2 rings (SSSR count). The highest BCUT2D eigenvalue weighted by Crippen LogP contribution is 2.24. The summed E-state index contributed by atoms with van der Waals surface area (Å²) in [7, 11) is 0. The van der Waals surface area contributed by atoms with Gasteiger partial charge in [0, 0.05) is 21.4 Å². The minimum absolute atomic E-state index is 0.513. The van der Waals surface area contributed by atoms with Crippen LogP contribution in [0.25, 0.3) is 6.08 Å². The second-order valence-corrected chi connectivity index (χ2v) is 5.37. The fourth-order valence-electron chi connectivity index (χ4n) is 1.59. The number of halogens is 1. The molecule has 5 heteroatoms.